The predicted molar refractivity (Wildman–Crippen MR) is 67.9 cm³/mol. The molecule has 0 aliphatic rings. The molecule has 0 spiro atoms. The van der Waals surface area contributed by atoms with Crippen LogP contribution in [0.25, 0.3) is 0 Å². The minimum Gasteiger partial charge on any atom is -0.504 e. The Labute approximate surface area is 110 Å². The number of nitrogens with zero attached hydrogens (tertiary/aromatic N) is 1. The first-order chi connectivity index (χ1) is 9.10. The summed E-state index contributed by atoms with van der Waals surface area (Å²) >= 11 is 0. The number of ether oxygens (including phenoxy) is 1. The van der Waals surface area contributed by atoms with Crippen LogP contribution in [0.4, 0.5) is 4.39 Å². The van der Waals surface area contributed by atoms with Gasteiger partial charge in [-0.1, -0.05) is 12.1 Å². The van der Waals surface area contributed by atoms with Gasteiger partial charge in [-0.05, 0) is 17.7 Å². The fourth-order valence-electron chi connectivity index (χ4n) is 1.76. The number of benzene rings is 1. The predicted octanol–water partition coefficient (Wildman–Crippen LogP) is 1.39. The molecule has 0 atom stereocenters. The van der Waals surface area contributed by atoms with Gasteiger partial charge in [0.1, 0.15) is 19.5 Å². The molecule has 5 heteroatoms. The van der Waals surface area contributed by atoms with Crippen molar-refractivity contribution in [3.63, 3.8) is 0 Å². The van der Waals surface area contributed by atoms with Gasteiger partial charge in [0.2, 0.25) is 11.9 Å². The van der Waals surface area contributed by atoms with E-state index in [1.165, 1.54) is 12.1 Å². The minimum absolute atomic E-state index is 0.0231. The summed E-state index contributed by atoms with van der Waals surface area (Å²) in [5, 5.41) is 9.81. The topological polar surface area (TPSA) is 59.4 Å². The third-order valence-electron chi connectivity index (χ3n) is 2.81. The van der Waals surface area contributed by atoms with Crippen molar-refractivity contribution in [1.29, 1.82) is 0 Å². The summed E-state index contributed by atoms with van der Waals surface area (Å²) in [7, 11) is 1.82. The number of aromatic nitrogens is 1. The maximum atomic E-state index is 13.0. The minimum atomic E-state index is -0.311. The number of pyridine rings is 1. The van der Waals surface area contributed by atoms with E-state index in [1.807, 2.05) is 7.05 Å². The Morgan fingerprint density at radius 1 is 1.37 bits per heavy atom. The van der Waals surface area contributed by atoms with Crippen molar-refractivity contribution in [2.45, 2.75) is 13.2 Å². The van der Waals surface area contributed by atoms with Crippen LogP contribution in [-0.4, -0.2) is 5.11 Å². The van der Waals surface area contributed by atoms with Gasteiger partial charge in [0.05, 0.1) is 12.6 Å². The summed E-state index contributed by atoms with van der Waals surface area (Å²) in [6, 6.07) is 7.70. The highest BCUT2D eigenvalue weighted by Gasteiger charge is 2.13. The highest BCUT2D eigenvalue weighted by molar-refractivity contribution is 5.35. The molecule has 2 aromatic rings. The summed E-state index contributed by atoms with van der Waals surface area (Å²) in [5.74, 6) is 0.0493. The average molecular weight is 263 g/mol. The Morgan fingerprint density at radius 2 is 2.16 bits per heavy atom. The molecule has 0 bridgehead atoms. The van der Waals surface area contributed by atoms with E-state index in [0.29, 0.717) is 17.9 Å². The van der Waals surface area contributed by atoms with E-state index in [0.717, 1.165) is 5.69 Å². The Bertz CT molecular complexity index is 588. The third kappa shape index (κ3) is 3.20. The zero-order chi connectivity index (χ0) is 13.8. The summed E-state index contributed by atoms with van der Waals surface area (Å²) in [4.78, 5) is 0. The molecule has 3 N–H and O–H groups in total. The Kier molecular flexibility index (Phi) is 3.97. The van der Waals surface area contributed by atoms with Gasteiger partial charge in [0.25, 0.3) is 0 Å². The average Bonchev–Trinajstić information content (AvgIpc) is 2.39. The van der Waals surface area contributed by atoms with Crippen molar-refractivity contribution in [2.24, 2.45) is 12.8 Å². The van der Waals surface area contributed by atoms with Crippen molar-refractivity contribution in [3.8, 4) is 11.5 Å². The maximum absolute atomic E-state index is 13.0. The summed E-state index contributed by atoms with van der Waals surface area (Å²) in [5.41, 5.74) is 7.02. The molecular weight excluding hydrogens is 247 g/mol. The molecule has 0 unspecified atom stereocenters. The monoisotopic (exact) mass is 263 g/mol. The van der Waals surface area contributed by atoms with Crippen molar-refractivity contribution in [2.75, 3.05) is 0 Å². The lowest BCUT2D eigenvalue weighted by Gasteiger charge is -2.08. The van der Waals surface area contributed by atoms with Gasteiger partial charge in [0.15, 0.2) is 11.4 Å². The lowest BCUT2D eigenvalue weighted by atomic mass is 10.2. The van der Waals surface area contributed by atoms with Gasteiger partial charge < -0.3 is 15.6 Å². The number of aryl methyl sites for hydroxylation is 1. The lowest BCUT2D eigenvalue weighted by Crippen LogP contribution is -2.34. The zero-order valence-electron chi connectivity index (χ0n) is 10.6. The molecule has 1 aromatic heterocycles. The normalized spacial score (nSPS) is 10.5. The zero-order valence-corrected chi connectivity index (χ0v) is 10.6. The second-order valence-corrected chi connectivity index (χ2v) is 4.25. The standard InChI is InChI=1S/C14H15FN2O2/c1-17-8-14(13(18)6-12(17)7-16)19-9-10-3-2-4-11(15)5-10/h2-6,8H,7,9,16H2,1H3/p+1. The van der Waals surface area contributed by atoms with E-state index in [-0.39, 0.29) is 18.2 Å². The number of nitrogens with two attached hydrogens (primary N) is 1. The second-order valence-electron chi connectivity index (χ2n) is 4.25. The Balaban J connectivity index is 2.13. The SMILES string of the molecule is C[n+]1cc(OCc2cccc(F)c2)c(O)cc1CN. The van der Waals surface area contributed by atoms with Crippen LogP contribution in [0.15, 0.2) is 36.5 Å². The lowest BCUT2D eigenvalue weighted by molar-refractivity contribution is -0.679. The molecule has 0 saturated heterocycles. The molecule has 0 saturated carbocycles. The van der Waals surface area contributed by atoms with Crippen molar-refractivity contribution >= 4 is 0 Å². The van der Waals surface area contributed by atoms with Crippen LogP contribution >= 0.6 is 0 Å². The van der Waals surface area contributed by atoms with E-state index < -0.39 is 0 Å². The molecule has 0 fully saturated rings. The van der Waals surface area contributed by atoms with Crippen LogP contribution in [0.2, 0.25) is 0 Å². The first kappa shape index (κ1) is 13.3. The van der Waals surface area contributed by atoms with Crippen LogP contribution in [0, 0.1) is 5.82 Å². The number of hydrogen-bond acceptors (Lipinski definition) is 3. The van der Waals surface area contributed by atoms with Crippen LogP contribution < -0.4 is 15.0 Å². The smallest absolute Gasteiger partial charge is 0.226 e. The highest BCUT2D eigenvalue weighted by Crippen LogP contribution is 2.25. The fraction of sp³-hybridized carbons (Fsp3) is 0.214. The van der Waals surface area contributed by atoms with Gasteiger partial charge in [-0.3, -0.25) is 0 Å². The van der Waals surface area contributed by atoms with Crippen LogP contribution in [0.3, 0.4) is 0 Å². The van der Waals surface area contributed by atoms with Crippen LogP contribution in [-0.2, 0) is 20.2 Å². The van der Waals surface area contributed by atoms with Gasteiger partial charge in [-0.15, -0.1) is 0 Å². The van der Waals surface area contributed by atoms with Gasteiger partial charge in [-0.25, -0.2) is 8.96 Å². The highest BCUT2D eigenvalue weighted by atomic mass is 19.1. The molecule has 19 heavy (non-hydrogen) atoms. The second kappa shape index (κ2) is 5.67. The number of aromatic hydroxyl groups is 1. The van der Waals surface area contributed by atoms with Crippen LogP contribution in [0.1, 0.15) is 11.3 Å². The van der Waals surface area contributed by atoms with Crippen molar-refractivity contribution in [1.82, 2.24) is 0 Å². The van der Waals surface area contributed by atoms with Crippen LogP contribution in [0.5, 0.6) is 11.5 Å². The maximum Gasteiger partial charge on any atom is 0.226 e. The van der Waals surface area contributed by atoms with E-state index >= 15 is 0 Å². The molecule has 0 aliphatic carbocycles. The number of hydrogen-bond donors (Lipinski definition) is 2. The molecule has 0 aliphatic heterocycles. The molecular formula is C14H16FN2O2+. The quantitative estimate of drug-likeness (QED) is 0.820. The first-order valence-corrected chi connectivity index (χ1v) is 5.89. The fourth-order valence-corrected chi connectivity index (χ4v) is 1.76. The molecule has 100 valence electrons. The summed E-state index contributed by atoms with van der Waals surface area (Å²) in [6.45, 7) is 0.515. The Morgan fingerprint density at radius 3 is 2.84 bits per heavy atom. The van der Waals surface area contributed by atoms with Gasteiger partial charge in [-0.2, -0.15) is 0 Å². The van der Waals surface area contributed by atoms with E-state index in [2.05, 4.69) is 0 Å². The largest absolute Gasteiger partial charge is 0.504 e. The summed E-state index contributed by atoms with van der Waals surface area (Å²) in [6.07, 6.45) is 1.65. The number of rotatable bonds is 4. The molecule has 1 aromatic carbocycles. The van der Waals surface area contributed by atoms with Crippen molar-refractivity contribution in [3.05, 3.63) is 53.6 Å². The molecule has 1 heterocycles. The Hall–Kier alpha value is -2.14. The third-order valence-corrected chi connectivity index (χ3v) is 2.81. The van der Waals surface area contributed by atoms with E-state index in [9.17, 15) is 9.50 Å². The number of halogens is 1. The van der Waals surface area contributed by atoms with Crippen molar-refractivity contribution < 1.29 is 18.8 Å². The molecule has 0 radical (unpaired) electrons. The first-order valence-electron chi connectivity index (χ1n) is 5.89. The van der Waals surface area contributed by atoms with E-state index in [1.54, 1.807) is 29.0 Å². The molecule has 2 rings (SSSR count). The molecule has 0 amide bonds. The van der Waals surface area contributed by atoms with Gasteiger partial charge in [0, 0.05) is 0 Å². The summed E-state index contributed by atoms with van der Waals surface area (Å²) < 4.78 is 20.3. The molecule has 4 nitrogen and oxygen atoms in total. The van der Waals surface area contributed by atoms with Gasteiger partial charge >= 0.3 is 0 Å². The van der Waals surface area contributed by atoms with E-state index in [4.69, 9.17) is 10.5 Å².